The van der Waals surface area contributed by atoms with Crippen LogP contribution in [-0.2, 0) is 14.8 Å². The molecule has 130 valence electrons. The van der Waals surface area contributed by atoms with Gasteiger partial charge in [0.05, 0.1) is 13.2 Å². The first-order valence-corrected chi connectivity index (χ1v) is 10.1. The van der Waals surface area contributed by atoms with Gasteiger partial charge in [0, 0.05) is 25.7 Å². The highest BCUT2D eigenvalue weighted by Crippen LogP contribution is 2.24. The van der Waals surface area contributed by atoms with Crippen molar-refractivity contribution in [2.75, 3.05) is 32.8 Å². The Bertz CT molecular complexity index is 759. The van der Waals surface area contributed by atoms with Gasteiger partial charge >= 0.3 is 0 Å². The molecule has 1 atom stereocenters. The molecule has 1 fully saturated rings. The second kappa shape index (κ2) is 7.71. The van der Waals surface area contributed by atoms with E-state index in [1.54, 1.807) is 11.3 Å². The van der Waals surface area contributed by atoms with Crippen molar-refractivity contribution in [3.05, 3.63) is 52.5 Å². The molecule has 0 amide bonds. The zero-order valence-electron chi connectivity index (χ0n) is 13.0. The van der Waals surface area contributed by atoms with Crippen molar-refractivity contribution < 1.29 is 17.5 Å². The highest BCUT2D eigenvalue weighted by molar-refractivity contribution is 7.89. The van der Waals surface area contributed by atoms with Gasteiger partial charge in [-0.3, -0.25) is 4.90 Å². The number of hydrogen-bond acceptors (Lipinski definition) is 5. The Balaban J connectivity index is 1.77. The lowest BCUT2D eigenvalue weighted by atomic mass is 10.1. The third-order valence-electron chi connectivity index (χ3n) is 4.01. The molecule has 1 aliphatic heterocycles. The maximum Gasteiger partial charge on any atom is 0.243 e. The van der Waals surface area contributed by atoms with Crippen LogP contribution in [0.2, 0.25) is 0 Å². The summed E-state index contributed by atoms with van der Waals surface area (Å²) in [7, 11) is -3.90. The van der Waals surface area contributed by atoms with E-state index in [2.05, 4.69) is 9.62 Å². The van der Waals surface area contributed by atoms with Crippen molar-refractivity contribution >= 4 is 21.4 Å². The van der Waals surface area contributed by atoms with Gasteiger partial charge in [-0.15, -0.1) is 0 Å². The molecule has 1 aliphatic rings. The molecule has 1 unspecified atom stereocenters. The fourth-order valence-corrected chi connectivity index (χ4v) is 4.56. The van der Waals surface area contributed by atoms with Crippen LogP contribution in [0.3, 0.4) is 0 Å². The van der Waals surface area contributed by atoms with Crippen LogP contribution in [0.4, 0.5) is 4.39 Å². The summed E-state index contributed by atoms with van der Waals surface area (Å²) in [5.74, 6) is -0.747. The molecular formula is C16H19FN2O3S2. The summed E-state index contributed by atoms with van der Waals surface area (Å²) in [5.41, 5.74) is 1.05. The Labute approximate surface area is 145 Å². The van der Waals surface area contributed by atoms with E-state index >= 15 is 0 Å². The quantitative estimate of drug-likeness (QED) is 0.847. The van der Waals surface area contributed by atoms with Crippen molar-refractivity contribution in [2.45, 2.75) is 10.9 Å². The van der Waals surface area contributed by atoms with E-state index in [0.29, 0.717) is 13.2 Å². The number of thiophene rings is 1. The normalized spacial score (nSPS) is 17.7. The molecule has 3 rings (SSSR count). The molecule has 0 saturated carbocycles. The molecule has 1 saturated heterocycles. The van der Waals surface area contributed by atoms with E-state index in [1.165, 1.54) is 18.2 Å². The Hall–Kier alpha value is -1.32. The molecule has 0 spiro atoms. The van der Waals surface area contributed by atoms with Gasteiger partial charge in [-0.1, -0.05) is 12.1 Å². The van der Waals surface area contributed by atoms with Crippen LogP contribution < -0.4 is 4.72 Å². The van der Waals surface area contributed by atoms with Crippen molar-refractivity contribution in [3.8, 4) is 0 Å². The minimum Gasteiger partial charge on any atom is -0.379 e. The Morgan fingerprint density at radius 1 is 1.25 bits per heavy atom. The largest absolute Gasteiger partial charge is 0.379 e. The van der Waals surface area contributed by atoms with E-state index in [-0.39, 0.29) is 17.5 Å². The second-order valence-corrected chi connectivity index (χ2v) is 8.02. The van der Waals surface area contributed by atoms with Gasteiger partial charge in [0.25, 0.3) is 0 Å². The fraction of sp³-hybridized carbons (Fsp3) is 0.375. The maximum atomic E-state index is 13.8. The summed E-state index contributed by atoms with van der Waals surface area (Å²) in [6, 6.07) is 7.29. The first-order chi connectivity index (χ1) is 11.6. The molecule has 0 aliphatic carbocycles. The Morgan fingerprint density at radius 3 is 2.67 bits per heavy atom. The molecule has 1 N–H and O–H groups in total. The number of benzene rings is 1. The van der Waals surface area contributed by atoms with Gasteiger partial charge in [0.2, 0.25) is 10.0 Å². The first-order valence-electron chi connectivity index (χ1n) is 7.66. The maximum absolute atomic E-state index is 13.8. The summed E-state index contributed by atoms with van der Waals surface area (Å²) in [5, 5.41) is 3.98. The van der Waals surface area contributed by atoms with Crippen LogP contribution in [-0.4, -0.2) is 46.2 Å². The molecular weight excluding hydrogens is 351 g/mol. The van der Waals surface area contributed by atoms with Crippen molar-refractivity contribution in [2.24, 2.45) is 0 Å². The van der Waals surface area contributed by atoms with Crippen LogP contribution >= 0.6 is 11.3 Å². The zero-order valence-corrected chi connectivity index (χ0v) is 14.7. The number of ether oxygens (including phenoxy) is 1. The monoisotopic (exact) mass is 370 g/mol. The average Bonchev–Trinajstić information content (AvgIpc) is 3.10. The summed E-state index contributed by atoms with van der Waals surface area (Å²) >= 11 is 1.57. The molecule has 2 heterocycles. The molecule has 8 heteroatoms. The number of morpholine rings is 1. The fourth-order valence-electron chi connectivity index (χ4n) is 2.74. The highest BCUT2D eigenvalue weighted by atomic mass is 32.2. The Morgan fingerprint density at radius 2 is 2.00 bits per heavy atom. The number of halogens is 1. The lowest BCUT2D eigenvalue weighted by Crippen LogP contribution is -2.43. The van der Waals surface area contributed by atoms with E-state index in [9.17, 15) is 12.8 Å². The van der Waals surface area contributed by atoms with Crippen molar-refractivity contribution in [3.63, 3.8) is 0 Å². The summed E-state index contributed by atoms with van der Waals surface area (Å²) in [6.07, 6.45) is 0. The predicted octanol–water partition coefficient (Wildman–Crippen LogP) is 2.24. The van der Waals surface area contributed by atoms with Crippen LogP contribution in [0.5, 0.6) is 0 Å². The standard InChI is InChI=1S/C16H19FN2O3S2/c17-14-3-1-2-4-16(14)24(20,21)18-11-15(13-5-10-23-12-13)19-6-8-22-9-7-19/h1-5,10,12,15,18H,6-9,11H2. The summed E-state index contributed by atoms with van der Waals surface area (Å²) in [4.78, 5) is 1.87. The van der Waals surface area contributed by atoms with Gasteiger partial charge in [-0.2, -0.15) is 11.3 Å². The van der Waals surface area contributed by atoms with Crippen LogP contribution in [0.1, 0.15) is 11.6 Å². The number of nitrogens with zero attached hydrogens (tertiary/aromatic N) is 1. The molecule has 0 bridgehead atoms. The number of nitrogens with one attached hydrogen (secondary N) is 1. The van der Waals surface area contributed by atoms with E-state index in [0.717, 1.165) is 24.7 Å². The van der Waals surface area contributed by atoms with Crippen molar-refractivity contribution in [1.29, 1.82) is 0 Å². The number of sulfonamides is 1. The highest BCUT2D eigenvalue weighted by Gasteiger charge is 2.26. The Kier molecular flexibility index (Phi) is 5.62. The van der Waals surface area contributed by atoms with Gasteiger partial charge in [-0.25, -0.2) is 17.5 Å². The minimum absolute atomic E-state index is 0.0956. The molecule has 2 aromatic rings. The first kappa shape index (κ1) is 17.5. The number of rotatable bonds is 6. The predicted molar refractivity (Wildman–Crippen MR) is 91.0 cm³/mol. The van der Waals surface area contributed by atoms with Gasteiger partial charge < -0.3 is 4.74 Å². The van der Waals surface area contributed by atoms with E-state index in [1.807, 2.05) is 16.8 Å². The van der Waals surface area contributed by atoms with Crippen LogP contribution in [0, 0.1) is 5.82 Å². The average molecular weight is 370 g/mol. The number of hydrogen-bond donors (Lipinski definition) is 1. The second-order valence-electron chi connectivity index (χ2n) is 5.50. The van der Waals surface area contributed by atoms with Gasteiger partial charge in [0.1, 0.15) is 10.7 Å². The third-order valence-corrected chi connectivity index (χ3v) is 6.17. The van der Waals surface area contributed by atoms with E-state index in [4.69, 9.17) is 4.74 Å². The van der Waals surface area contributed by atoms with E-state index < -0.39 is 15.8 Å². The molecule has 5 nitrogen and oxygen atoms in total. The van der Waals surface area contributed by atoms with Crippen molar-refractivity contribution in [1.82, 2.24) is 9.62 Å². The molecule has 24 heavy (non-hydrogen) atoms. The lowest BCUT2D eigenvalue weighted by Gasteiger charge is -2.34. The smallest absolute Gasteiger partial charge is 0.243 e. The van der Waals surface area contributed by atoms with Crippen LogP contribution in [0.25, 0.3) is 0 Å². The molecule has 1 aromatic heterocycles. The lowest BCUT2D eigenvalue weighted by molar-refractivity contribution is 0.0173. The zero-order chi connectivity index (χ0) is 17.0. The third kappa shape index (κ3) is 4.01. The summed E-state index contributed by atoms with van der Waals surface area (Å²) in [6.45, 7) is 2.92. The van der Waals surface area contributed by atoms with Gasteiger partial charge in [0.15, 0.2) is 0 Å². The SMILES string of the molecule is O=S(=O)(NCC(c1ccsc1)N1CCOCC1)c1ccccc1F. The topological polar surface area (TPSA) is 58.6 Å². The molecule has 0 radical (unpaired) electrons. The van der Waals surface area contributed by atoms with Crippen LogP contribution in [0.15, 0.2) is 46.0 Å². The summed E-state index contributed by atoms with van der Waals surface area (Å²) < 4.78 is 46.6. The molecule has 1 aromatic carbocycles. The minimum atomic E-state index is -3.90. The van der Waals surface area contributed by atoms with Gasteiger partial charge in [-0.05, 0) is 34.5 Å².